The average molecular weight is 274 g/mol. The second kappa shape index (κ2) is 6.23. The lowest BCUT2D eigenvalue weighted by molar-refractivity contribution is 0.161. The van der Waals surface area contributed by atoms with Crippen molar-refractivity contribution in [3.05, 3.63) is 34.3 Å². The zero-order valence-corrected chi connectivity index (χ0v) is 10.2. The molecule has 0 saturated heterocycles. The molecule has 0 saturated carbocycles. The lowest BCUT2D eigenvalue weighted by Crippen LogP contribution is -2.32. The summed E-state index contributed by atoms with van der Waals surface area (Å²) in [5.74, 6) is 0. The zero-order valence-electron chi connectivity index (χ0n) is 8.65. The van der Waals surface area contributed by atoms with Crippen LogP contribution in [-0.2, 0) is 0 Å². The Morgan fingerprint density at radius 2 is 2.20 bits per heavy atom. The van der Waals surface area contributed by atoms with Crippen molar-refractivity contribution < 1.29 is 10.2 Å². The molecule has 3 N–H and O–H groups in total. The van der Waals surface area contributed by atoms with Crippen LogP contribution in [-0.4, -0.2) is 29.4 Å². The first kappa shape index (κ1) is 12.6. The predicted molar refractivity (Wildman–Crippen MR) is 63.7 cm³/mol. The van der Waals surface area contributed by atoms with Crippen molar-refractivity contribution in [1.29, 1.82) is 0 Å². The summed E-state index contributed by atoms with van der Waals surface area (Å²) in [6.45, 7) is 2.39. The van der Waals surface area contributed by atoms with Gasteiger partial charge in [-0.3, -0.25) is 0 Å². The zero-order chi connectivity index (χ0) is 11.3. The molecule has 0 amide bonds. The molecule has 3 nitrogen and oxygen atoms in total. The van der Waals surface area contributed by atoms with Crippen molar-refractivity contribution >= 4 is 15.9 Å². The Hall–Kier alpha value is -0.420. The second-order valence-corrected chi connectivity index (χ2v) is 4.48. The van der Waals surface area contributed by atoms with Crippen LogP contribution in [0.3, 0.4) is 0 Å². The summed E-state index contributed by atoms with van der Waals surface area (Å²) in [5.41, 5.74) is 0.863. The Balaban J connectivity index is 2.50. The van der Waals surface area contributed by atoms with Gasteiger partial charge in [-0.05, 0) is 24.6 Å². The van der Waals surface area contributed by atoms with E-state index in [0.717, 1.165) is 10.0 Å². The quantitative estimate of drug-likeness (QED) is 0.761. The highest BCUT2D eigenvalue weighted by Crippen LogP contribution is 2.17. The van der Waals surface area contributed by atoms with Crippen LogP contribution in [0.2, 0.25) is 0 Å². The smallest absolute Gasteiger partial charge is 0.0914 e. The van der Waals surface area contributed by atoms with Crippen LogP contribution in [0.4, 0.5) is 0 Å². The molecule has 15 heavy (non-hydrogen) atoms. The summed E-state index contributed by atoms with van der Waals surface area (Å²) in [7, 11) is 0. The largest absolute Gasteiger partial charge is 0.395 e. The van der Waals surface area contributed by atoms with E-state index in [1.807, 2.05) is 31.2 Å². The standard InChI is InChI=1S/C11H16BrNO2/c1-8(7-14)13-6-11(15)9-3-2-4-10(12)5-9/h2-5,8,11,13-15H,6-7H2,1H3. The summed E-state index contributed by atoms with van der Waals surface area (Å²) in [4.78, 5) is 0. The molecular formula is C11H16BrNO2. The van der Waals surface area contributed by atoms with Gasteiger partial charge in [0.05, 0.1) is 12.7 Å². The number of aliphatic hydroxyl groups excluding tert-OH is 2. The summed E-state index contributed by atoms with van der Waals surface area (Å²) in [6.07, 6.45) is -0.545. The third kappa shape index (κ3) is 4.30. The van der Waals surface area contributed by atoms with Gasteiger partial charge >= 0.3 is 0 Å². The van der Waals surface area contributed by atoms with Crippen molar-refractivity contribution in [2.24, 2.45) is 0 Å². The number of hydrogen-bond acceptors (Lipinski definition) is 3. The summed E-state index contributed by atoms with van der Waals surface area (Å²) < 4.78 is 0.953. The molecule has 0 aliphatic carbocycles. The van der Waals surface area contributed by atoms with E-state index in [0.29, 0.717) is 6.54 Å². The van der Waals surface area contributed by atoms with E-state index < -0.39 is 6.10 Å². The van der Waals surface area contributed by atoms with Crippen LogP contribution in [0.5, 0.6) is 0 Å². The van der Waals surface area contributed by atoms with E-state index in [9.17, 15) is 5.11 Å². The second-order valence-electron chi connectivity index (χ2n) is 3.56. The SMILES string of the molecule is CC(CO)NCC(O)c1cccc(Br)c1. The first-order chi connectivity index (χ1) is 7.13. The van der Waals surface area contributed by atoms with Crippen molar-refractivity contribution in [3.63, 3.8) is 0 Å². The first-order valence-electron chi connectivity index (χ1n) is 4.91. The Kier molecular flexibility index (Phi) is 5.25. The Morgan fingerprint density at radius 3 is 2.80 bits per heavy atom. The van der Waals surface area contributed by atoms with Gasteiger partial charge in [-0.1, -0.05) is 28.1 Å². The molecule has 4 heteroatoms. The third-order valence-electron chi connectivity index (χ3n) is 2.17. The average Bonchev–Trinajstić information content (AvgIpc) is 2.25. The van der Waals surface area contributed by atoms with Crippen LogP contribution in [0, 0.1) is 0 Å². The minimum absolute atomic E-state index is 0.00630. The van der Waals surface area contributed by atoms with E-state index in [4.69, 9.17) is 5.11 Å². The van der Waals surface area contributed by atoms with Gasteiger partial charge < -0.3 is 15.5 Å². The number of halogens is 1. The van der Waals surface area contributed by atoms with Gasteiger partial charge in [-0.25, -0.2) is 0 Å². The van der Waals surface area contributed by atoms with Gasteiger partial charge in [0.2, 0.25) is 0 Å². The van der Waals surface area contributed by atoms with Crippen molar-refractivity contribution in [2.75, 3.05) is 13.2 Å². The molecule has 0 spiro atoms. The maximum Gasteiger partial charge on any atom is 0.0914 e. The third-order valence-corrected chi connectivity index (χ3v) is 2.66. The molecular weight excluding hydrogens is 258 g/mol. The monoisotopic (exact) mass is 273 g/mol. The molecule has 0 aromatic heterocycles. The molecule has 0 bridgehead atoms. The Labute approximate surface area is 98.3 Å². The Bertz CT molecular complexity index is 306. The predicted octanol–water partition coefficient (Wildman–Crippen LogP) is 1.45. The van der Waals surface area contributed by atoms with Crippen LogP contribution >= 0.6 is 15.9 Å². The highest BCUT2D eigenvalue weighted by Gasteiger charge is 2.08. The fourth-order valence-electron chi connectivity index (χ4n) is 1.21. The number of rotatable bonds is 5. The molecule has 0 aliphatic rings. The van der Waals surface area contributed by atoms with Crippen molar-refractivity contribution in [3.8, 4) is 0 Å². The maximum atomic E-state index is 9.82. The number of aliphatic hydroxyl groups is 2. The van der Waals surface area contributed by atoms with Gasteiger partial charge in [0, 0.05) is 17.1 Å². The molecule has 2 atom stereocenters. The van der Waals surface area contributed by atoms with E-state index in [1.165, 1.54) is 0 Å². The van der Waals surface area contributed by atoms with Gasteiger partial charge in [0.1, 0.15) is 0 Å². The van der Waals surface area contributed by atoms with E-state index in [1.54, 1.807) is 0 Å². The normalized spacial score (nSPS) is 14.9. The van der Waals surface area contributed by atoms with Crippen molar-refractivity contribution in [2.45, 2.75) is 19.1 Å². The van der Waals surface area contributed by atoms with Crippen LogP contribution in [0.15, 0.2) is 28.7 Å². The highest BCUT2D eigenvalue weighted by molar-refractivity contribution is 9.10. The molecule has 1 aromatic rings. The van der Waals surface area contributed by atoms with Gasteiger partial charge in [0.25, 0.3) is 0 Å². The Morgan fingerprint density at radius 1 is 1.47 bits per heavy atom. The fourth-order valence-corrected chi connectivity index (χ4v) is 1.63. The number of nitrogens with one attached hydrogen (secondary N) is 1. The van der Waals surface area contributed by atoms with Crippen LogP contribution in [0.25, 0.3) is 0 Å². The molecule has 0 radical (unpaired) electrons. The molecule has 1 aromatic carbocycles. The van der Waals surface area contributed by atoms with Gasteiger partial charge in [-0.15, -0.1) is 0 Å². The van der Waals surface area contributed by atoms with Gasteiger partial charge in [0.15, 0.2) is 0 Å². The number of benzene rings is 1. The maximum absolute atomic E-state index is 9.82. The molecule has 84 valence electrons. The minimum atomic E-state index is -0.545. The molecule has 0 heterocycles. The lowest BCUT2D eigenvalue weighted by Gasteiger charge is -2.15. The first-order valence-corrected chi connectivity index (χ1v) is 5.70. The van der Waals surface area contributed by atoms with Crippen LogP contribution < -0.4 is 5.32 Å². The molecule has 2 unspecified atom stereocenters. The van der Waals surface area contributed by atoms with E-state index in [2.05, 4.69) is 21.2 Å². The van der Waals surface area contributed by atoms with E-state index >= 15 is 0 Å². The minimum Gasteiger partial charge on any atom is -0.395 e. The van der Waals surface area contributed by atoms with Crippen molar-refractivity contribution in [1.82, 2.24) is 5.32 Å². The van der Waals surface area contributed by atoms with Gasteiger partial charge in [-0.2, -0.15) is 0 Å². The number of hydrogen-bond donors (Lipinski definition) is 3. The summed E-state index contributed by atoms with van der Waals surface area (Å²) in [5, 5.41) is 21.7. The molecule has 1 rings (SSSR count). The highest BCUT2D eigenvalue weighted by atomic mass is 79.9. The fraction of sp³-hybridized carbons (Fsp3) is 0.455. The molecule has 0 aliphatic heterocycles. The topological polar surface area (TPSA) is 52.5 Å². The van der Waals surface area contributed by atoms with E-state index in [-0.39, 0.29) is 12.6 Å². The summed E-state index contributed by atoms with van der Waals surface area (Å²) >= 11 is 3.35. The lowest BCUT2D eigenvalue weighted by atomic mass is 10.1. The molecule has 0 fully saturated rings. The van der Waals surface area contributed by atoms with Crippen LogP contribution in [0.1, 0.15) is 18.6 Å². The summed E-state index contributed by atoms with van der Waals surface area (Å²) in [6, 6.07) is 7.57.